The summed E-state index contributed by atoms with van der Waals surface area (Å²) >= 11 is 0. The third kappa shape index (κ3) is 4.32. The highest BCUT2D eigenvalue weighted by molar-refractivity contribution is 5.94. The molecule has 4 aromatic rings. The maximum atomic E-state index is 12.7. The van der Waals surface area contributed by atoms with Crippen LogP contribution in [0.2, 0.25) is 0 Å². The van der Waals surface area contributed by atoms with Gasteiger partial charge in [0, 0.05) is 18.9 Å². The van der Waals surface area contributed by atoms with Crippen molar-refractivity contribution in [3.05, 3.63) is 120 Å². The van der Waals surface area contributed by atoms with Crippen molar-refractivity contribution in [2.75, 3.05) is 0 Å². The van der Waals surface area contributed by atoms with E-state index in [1.165, 1.54) is 0 Å². The van der Waals surface area contributed by atoms with Gasteiger partial charge in [0.1, 0.15) is 5.49 Å². The van der Waals surface area contributed by atoms with Crippen LogP contribution in [0.25, 0.3) is 0 Å². The normalized spacial score (nSPS) is 11.5. The summed E-state index contributed by atoms with van der Waals surface area (Å²) in [7, 11) is 0. The van der Waals surface area contributed by atoms with Gasteiger partial charge in [-0.15, -0.1) is 0 Å². The van der Waals surface area contributed by atoms with Crippen molar-refractivity contribution < 1.29 is 4.79 Å². The molecule has 0 bridgehead atoms. The third-order valence-corrected chi connectivity index (χ3v) is 4.40. The molecule has 2 aromatic heterocycles. The summed E-state index contributed by atoms with van der Waals surface area (Å²) in [6, 6.07) is 25.8. The highest BCUT2D eigenvalue weighted by Gasteiger charge is 2.08. The molecule has 1 amide bonds. The van der Waals surface area contributed by atoms with Crippen molar-refractivity contribution in [1.82, 2.24) is 14.3 Å². The van der Waals surface area contributed by atoms with E-state index in [1.54, 1.807) is 17.1 Å². The number of hydrogen-bond donors (Lipinski definition) is 0. The quantitative estimate of drug-likeness (QED) is 0.541. The lowest BCUT2D eigenvalue weighted by atomic mass is 10.2. The highest BCUT2D eigenvalue weighted by Crippen LogP contribution is 2.05. The molecule has 138 valence electrons. The zero-order chi connectivity index (χ0) is 19.2. The molecule has 0 aliphatic rings. The molecule has 0 saturated heterocycles. The average Bonchev–Trinajstić information content (AvgIpc) is 3.20. The van der Waals surface area contributed by atoms with Crippen LogP contribution < -0.4 is 5.49 Å². The Balaban J connectivity index is 1.56. The molecule has 0 aliphatic heterocycles. The number of hydrogen-bond acceptors (Lipinski definition) is 2. The molecule has 0 atom stereocenters. The smallest absolute Gasteiger partial charge is 0.282 e. The number of carbonyl (C=O) groups is 1. The molecular formula is C23H20N4O. The zero-order valence-corrected chi connectivity index (χ0v) is 15.3. The first-order valence-electron chi connectivity index (χ1n) is 9.13. The van der Waals surface area contributed by atoms with Gasteiger partial charge in [0.15, 0.2) is 0 Å². The fourth-order valence-electron chi connectivity index (χ4n) is 2.98. The Bertz CT molecular complexity index is 1130. The molecular weight excluding hydrogens is 348 g/mol. The minimum atomic E-state index is -0.299. The van der Waals surface area contributed by atoms with E-state index >= 15 is 0 Å². The monoisotopic (exact) mass is 368 g/mol. The van der Waals surface area contributed by atoms with Gasteiger partial charge in [-0.3, -0.25) is 9.48 Å². The predicted octanol–water partition coefficient (Wildman–Crippen LogP) is 3.52. The average molecular weight is 368 g/mol. The second kappa shape index (κ2) is 8.31. The molecule has 0 radical (unpaired) electrons. The van der Waals surface area contributed by atoms with E-state index in [4.69, 9.17) is 0 Å². The Hall–Kier alpha value is -3.73. The standard InChI is InChI=1S/C23H20N4O/c28-23(21-15-24-27(18-21)17-20-11-5-2-6-12-20)25-22-13-7-8-14-26(22)16-19-9-3-1-4-10-19/h1-15,18H,16-17H2. The van der Waals surface area contributed by atoms with E-state index in [9.17, 15) is 4.79 Å². The molecule has 4 rings (SSSR count). The lowest BCUT2D eigenvalue weighted by Crippen LogP contribution is -2.22. The van der Waals surface area contributed by atoms with Crippen LogP contribution in [0, 0.1) is 0 Å². The molecule has 5 heteroatoms. The van der Waals surface area contributed by atoms with Gasteiger partial charge in [0.25, 0.3) is 5.91 Å². The fraction of sp³-hybridized carbons (Fsp3) is 0.0870. The van der Waals surface area contributed by atoms with Crippen molar-refractivity contribution in [2.45, 2.75) is 13.1 Å². The van der Waals surface area contributed by atoms with Gasteiger partial charge in [-0.05, 0) is 23.3 Å². The van der Waals surface area contributed by atoms with Crippen molar-refractivity contribution in [1.29, 1.82) is 0 Å². The number of carbonyl (C=O) groups excluding carboxylic acids is 1. The number of pyridine rings is 1. The molecule has 0 unspecified atom stereocenters. The van der Waals surface area contributed by atoms with Crippen LogP contribution >= 0.6 is 0 Å². The summed E-state index contributed by atoms with van der Waals surface area (Å²) in [5.41, 5.74) is 3.38. The summed E-state index contributed by atoms with van der Waals surface area (Å²) in [6.45, 7) is 1.27. The second-order valence-corrected chi connectivity index (χ2v) is 6.50. The van der Waals surface area contributed by atoms with Crippen LogP contribution in [0.3, 0.4) is 0 Å². The van der Waals surface area contributed by atoms with Crippen LogP contribution in [0.1, 0.15) is 21.5 Å². The number of benzene rings is 2. The van der Waals surface area contributed by atoms with E-state index < -0.39 is 0 Å². The van der Waals surface area contributed by atoms with E-state index in [2.05, 4.69) is 22.2 Å². The van der Waals surface area contributed by atoms with Crippen molar-refractivity contribution in [3.8, 4) is 0 Å². The summed E-state index contributed by atoms with van der Waals surface area (Å²) in [6.07, 6.45) is 5.24. The van der Waals surface area contributed by atoms with Crippen molar-refractivity contribution in [3.63, 3.8) is 0 Å². The second-order valence-electron chi connectivity index (χ2n) is 6.50. The lowest BCUT2D eigenvalue weighted by molar-refractivity contribution is 0.0997. The number of rotatable bonds is 5. The molecule has 0 spiro atoms. The molecule has 0 aliphatic carbocycles. The Kier molecular flexibility index (Phi) is 5.24. The van der Waals surface area contributed by atoms with E-state index in [0.29, 0.717) is 24.1 Å². The van der Waals surface area contributed by atoms with Gasteiger partial charge in [0.05, 0.1) is 18.3 Å². The van der Waals surface area contributed by atoms with Gasteiger partial charge in [-0.1, -0.05) is 66.7 Å². The van der Waals surface area contributed by atoms with Crippen LogP contribution in [0.15, 0.2) is 102 Å². The summed E-state index contributed by atoms with van der Waals surface area (Å²) in [5.74, 6) is -0.299. The number of aromatic nitrogens is 3. The third-order valence-electron chi connectivity index (χ3n) is 4.40. The maximum absolute atomic E-state index is 12.7. The first-order valence-corrected chi connectivity index (χ1v) is 9.13. The molecule has 0 saturated carbocycles. The van der Waals surface area contributed by atoms with Gasteiger partial charge < -0.3 is 4.57 Å². The van der Waals surface area contributed by atoms with E-state index in [-0.39, 0.29) is 5.91 Å². The summed E-state index contributed by atoms with van der Waals surface area (Å²) in [4.78, 5) is 17.0. The van der Waals surface area contributed by atoms with Crippen LogP contribution in [0.5, 0.6) is 0 Å². The van der Waals surface area contributed by atoms with Crippen LogP contribution in [-0.4, -0.2) is 20.3 Å². The molecule has 0 fully saturated rings. The molecule has 0 N–H and O–H groups in total. The fourth-order valence-corrected chi connectivity index (χ4v) is 2.98. The van der Waals surface area contributed by atoms with Crippen LogP contribution in [-0.2, 0) is 13.1 Å². The first kappa shape index (κ1) is 17.7. The van der Waals surface area contributed by atoms with E-state index in [1.807, 2.05) is 77.5 Å². The highest BCUT2D eigenvalue weighted by atomic mass is 16.1. The van der Waals surface area contributed by atoms with Gasteiger partial charge in [0.2, 0.25) is 0 Å². The van der Waals surface area contributed by atoms with Crippen molar-refractivity contribution >= 4 is 5.91 Å². The largest absolute Gasteiger partial charge is 0.328 e. The zero-order valence-electron chi connectivity index (χ0n) is 15.3. The van der Waals surface area contributed by atoms with Gasteiger partial charge >= 0.3 is 0 Å². The first-order chi connectivity index (χ1) is 13.8. The number of amides is 1. The summed E-state index contributed by atoms with van der Waals surface area (Å²) in [5, 5.41) is 4.29. The minimum Gasteiger partial charge on any atom is -0.328 e. The Morgan fingerprint density at radius 1 is 0.821 bits per heavy atom. The Morgan fingerprint density at radius 2 is 1.46 bits per heavy atom. The van der Waals surface area contributed by atoms with Crippen LogP contribution in [0.4, 0.5) is 0 Å². The van der Waals surface area contributed by atoms with Crippen molar-refractivity contribution in [2.24, 2.45) is 4.99 Å². The molecule has 28 heavy (non-hydrogen) atoms. The Labute approximate surface area is 163 Å². The van der Waals surface area contributed by atoms with Gasteiger partial charge in [-0.25, -0.2) is 0 Å². The lowest BCUT2D eigenvalue weighted by Gasteiger charge is -2.07. The molecule has 2 aromatic carbocycles. The molecule has 2 heterocycles. The summed E-state index contributed by atoms with van der Waals surface area (Å²) < 4.78 is 3.71. The predicted molar refractivity (Wildman–Crippen MR) is 108 cm³/mol. The van der Waals surface area contributed by atoms with Gasteiger partial charge in [-0.2, -0.15) is 10.1 Å². The van der Waals surface area contributed by atoms with E-state index in [0.717, 1.165) is 11.1 Å². The topological polar surface area (TPSA) is 52.2 Å². The molecule has 5 nitrogen and oxygen atoms in total. The SMILES string of the molecule is O=C(N=c1ccccn1Cc1ccccc1)c1cnn(Cc2ccccc2)c1. The Morgan fingerprint density at radius 3 is 2.18 bits per heavy atom. The number of nitrogens with zero attached hydrogens (tertiary/aromatic N) is 4. The maximum Gasteiger partial charge on any atom is 0.282 e. The minimum absolute atomic E-state index is 0.299.